The number of aromatic hydroxyl groups is 1. The van der Waals surface area contributed by atoms with Crippen LogP contribution in [0.1, 0.15) is 24.2 Å². The van der Waals surface area contributed by atoms with Gasteiger partial charge in [-0.2, -0.15) is 0 Å². The van der Waals surface area contributed by atoms with Crippen LogP contribution in [0.3, 0.4) is 0 Å². The van der Waals surface area contributed by atoms with E-state index in [1.54, 1.807) is 18.2 Å². The van der Waals surface area contributed by atoms with Crippen molar-refractivity contribution in [1.29, 1.82) is 0 Å². The smallest absolute Gasteiger partial charge is 0.253 e. The van der Waals surface area contributed by atoms with Crippen molar-refractivity contribution in [2.24, 2.45) is 0 Å². The highest BCUT2D eigenvalue weighted by molar-refractivity contribution is 6.07. The van der Waals surface area contributed by atoms with E-state index in [9.17, 15) is 9.90 Å². The molecule has 0 fully saturated rings. The number of fused-ring (bicyclic) bond motifs is 1. The number of nitrogens with one attached hydrogen (secondary N) is 2. The predicted molar refractivity (Wildman–Crippen MR) is 62.6 cm³/mol. The number of carbonyl (C=O) groups excluding carboxylic acids is 1. The molecule has 1 aromatic heterocycles. The second kappa shape index (κ2) is 3.89. The first-order valence-electron chi connectivity index (χ1n) is 5.19. The number of rotatable bonds is 2. The van der Waals surface area contributed by atoms with Crippen molar-refractivity contribution in [3.8, 4) is 5.75 Å². The van der Waals surface area contributed by atoms with Gasteiger partial charge in [0.05, 0.1) is 11.1 Å². The summed E-state index contributed by atoms with van der Waals surface area (Å²) in [5.74, 6) is 0.0247. The summed E-state index contributed by atoms with van der Waals surface area (Å²) < 4.78 is 0. The number of carbonyl (C=O) groups is 1. The molecule has 16 heavy (non-hydrogen) atoms. The molecule has 0 aliphatic rings. The number of amides is 1. The third-order valence-corrected chi connectivity index (χ3v) is 2.36. The molecule has 1 aromatic carbocycles. The Labute approximate surface area is 93.3 Å². The van der Waals surface area contributed by atoms with Crippen LogP contribution in [0.4, 0.5) is 0 Å². The first-order valence-corrected chi connectivity index (χ1v) is 5.19. The van der Waals surface area contributed by atoms with Crippen molar-refractivity contribution < 1.29 is 9.90 Å². The van der Waals surface area contributed by atoms with Crippen LogP contribution in [0.15, 0.2) is 24.4 Å². The van der Waals surface area contributed by atoms with Crippen molar-refractivity contribution in [1.82, 2.24) is 10.3 Å². The van der Waals surface area contributed by atoms with Crippen LogP contribution >= 0.6 is 0 Å². The minimum atomic E-state index is -0.137. The molecular formula is C12H14N2O2. The molecule has 84 valence electrons. The maximum Gasteiger partial charge on any atom is 0.253 e. The molecular weight excluding hydrogens is 204 g/mol. The van der Waals surface area contributed by atoms with Gasteiger partial charge in [0.15, 0.2) is 0 Å². The standard InChI is InChI=1S/C12H14N2O2/c1-7(2)14-12(16)9-5-3-4-8-10(15)6-13-11(8)9/h3-7,13,15H,1-2H3,(H,14,16). The molecule has 0 bridgehead atoms. The van der Waals surface area contributed by atoms with E-state index in [-0.39, 0.29) is 17.7 Å². The van der Waals surface area contributed by atoms with Crippen molar-refractivity contribution in [3.05, 3.63) is 30.0 Å². The number of H-pyrrole nitrogens is 1. The highest BCUT2D eigenvalue weighted by Crippen LogP contribution is 2.26. The fraction of sp³-hybridized carbons (Fsp3) is 0.250. The van der Waals surface area contributed by atoms with Gasteiger partial charge >= 0.3 is 0 Å². The van der Waals surface area contributed by atoms with E-state index in [1.807, 2.05) is 13.8 Å². The zero-order chi connectivity index (χ0) is 11.7. The van der Waals surface area contributed by atoms with Crippen molar-refractivity contribution in [2.45, 2.75) is 19.9 Å². The molecule has 2 rings (SSSR count). The summed E-state index contributed by atoms with van der Waals surface area (Å²) in [6, 6.07) is 5.35. The Hall–Kier alpha value is -1.97. The van der Waals surface area contributed by atoms with E-state index in [2.05, 4.69) is 10.3 Å². The zero-order valence-corrected chi connectivity index (χ0v) is 9.24. The number of aromatic amines is 1. The minimum absolute atomic E-state index is 0.0892. The highest BCUT2D eigenvalue weighted by atomic mass is 16.3. The van der Waals surface area contributed by atoms with Crippen molar-refractivity contribution >= 4 is 16.8 Å². The van der Waals surface area contributed by atoms with Crippen LogP contribution in [0.2, 0.25) is 0 Å². The Balaban J connectivity index is 2.48. The molecule has 2 aromatic rings. The number of para-hydroxylation sites is 1. The lowest BCUT2D eigenvalue weighted by atomic mass is 10.1. The van der Waals surface area contributed by atoms with E-state index in [4.69, 9.17) is 0 Å². The topological polar surface area (TPSA) is 65.1 Å². The SMILES string of the molecule is CC(C)NC(=O)c1cccc2c(O)c[nH]c12. The molecule has 0 saturated heterocycles. The average molecular weight is 218 g/mol. The molecule has 0 aliphatic heterocycles. The molecule has 0 spiro atoms. The monoisotopic (exact) mass is 218 g/mol. The quantitative estimate of drug-likeness (QED) is 0.722. The molecule has 1 heterocycles. The largest absolute Gasteiger partial charge is 0.506 e. The van der Waals surface area contributed by atoms with Crippen LogP contribution in [0.25, 0.3) is 10.9 Å². The molecule has 4 heteroatoms. The fourth-order valence-corrected chi connectivity index (χ4v) is 1.67. The number of benzene rings is 1. The Morgan fingerprint density at radius 2 is 2.19 bits per heavy atom. The number of hydrogen-bond acceptors (Lipinski definition) is 2. The van der Waals surface area contributed by atoms with Gasteiger partial charge in [-0.15, -0.1) is 0 Å². The van der Waals surface area contributed by atoms with Crippen LogP contribution in [0, 0.1) is 0 Å². The first kappa shape index (κ1) is 10.5. The molecule has 0 unspecified atom stereocenters. The molecule has 0 atom stereocenters. The van der Waals surface area contributed by atoms with Gasteiger partial charge in [-0.05, 0) is 26.0 Å². The van der Waals surface area contributed by atoms with E-state index in [0.717, 1.165) is 0 Å². The molecule has 4 nitrogen and oxygen atoms in total. The Morgan fingerprint density at radius 1 is 1.44 bits per heavy atom. The third kappa shape index (κ3) is 1.74. The Kier molecular flexibility index (Phi) is 2.56. The second-order valence-electron chi connectivity index (χ2n) is 4.03. The van der Waals surface area contributed by atoms with Gasteiger partial charge in [0.25, 0.3) is 5.91 Å². The molecule has 0 radical (unpaired) electrons. The Morgan fingerprint density at radius 3 is 2.88 bits per heavy atom. The van der Waals surface area contributed by atoms with Gasteiger partial charge in [0.1, 0.15) is 5.75 Å². The maximum absolute atomic E-state index is 11.9. The van der Waals surface area contributed by atoms with Crippen LogP contribution in [-0.4, -0.2) is 22.0 Å². The molecule has 0 saturated carbocycles. The summed E-state index contributed by atoms with van der Waals surface area (Å²) in [4.78, 5) is 14.8. The van der Waals surface area contributed by atoms with Gasteiger partial charge in [0.2, 0.25) is 0 Å². The van der Waals surface area contributed by atoms with E-state index < -0.39 is 0 Å². The van der Waals surface area contributed by atoms with Crippen molar-refractivity contribution in [3.63, 3.8) is 0 Å². The summed E-state index contributed by atoms with van der Waals surface area (Å²) >= 11 is 0. The zero-order valence-electron chi connectivity index (χ0n) is 9.24. The third-order valence-electron chi connectivity index (χ3n) is 2.36. The summed E-state index contributed by atoms with van der Waals surface area (Å²) in [7, 11) is 0. The first-order chi connectivity index (χ1) is 7.59. The van der Waals surface area contributed by atoms with E-state index in [0.29, 0.717) is 16.5 Å². The minimum Gasteiger partial charge on any atom is -0.506 e. The summed E-state index contributed by atoms with van der Waals surface area (Å²) in [6.07, 6.45) is 1.48. The predicted octanol–water partition coefficient (Wildman–Crippen LogP) is 2.01. The molecule has 0 aliphatic carbocycles. The van der Waals surface area contributed by atoms with Crippen LogP contribution in [-0.2, 0) is 0 Å². The number of aromatic nitrogens is 1. The van der Waals surface area contributed by atoms with Crippen LogP contribution in [0.5, 0.6) is 5.75 Å². The van der Waals surface area contributed by atoms with E-state index in [1.165, 1.54) is 6.20 Å². The Bertz CT molecular complexity index is 529. The second-order valence-corrected chi connectivity index (χ2v) is 4.03. The lowest BCUT2D eigenvalue weighted by molar-refractivity contribution is 0.0944. The van der Waals surface area contributed by atoms with E-state index >= 15 is 0 Å². The van der Waals surface area contributed by atoms with Crippen LogP contribution < -0.4 is 5.32 Å². The summed E-state index contributed by atoms with van der Waals surface area (Å²) in [5, 5.41) is 13.0. The number of hydrogen-bond donors (Lipinski definition) is 3. The lowest BCUT2D eigenvalue weighted by Gasteiger charge is -2.08. The van der Waals surface area contributed by atoms with Gasteiger partial charge in [-0.1, -0.05) is 6.07 Å². The molecule has 3 N–H and O–H groups in total. The maximum atomic E-state index is 11.9. The van der Waals surface area contributed by atoms with Gasteiger partial charge < -0.3 is 15.4 Å². The summed E-state index contributed by atoms with van der Waals surface area (Å²) in [5.41, 5.74) is 1.21. The average Bonchev–Trinajstić information content (AvgIpc) is 2.59. The summed E-state index contributed by atoms with van der Waals surface area (Å²) in [6.45, 7) is 3.81. The van der Waals surface area contributed by atoms with Gasteiger partial charge in [-0.25, -0.2) is 0 Å². The van der Waals surface area contributed by atoms with Crippen molar-refractivity contribution in [2.75, 3.05) is 0 Å². The highest BCUT2D eigenvalue weighted by Gasteiger charge is 2.13. The van der Waals surface area contributed by atoms with Gasteiger partial charge in [0, 0.05) is 17.6 Å². The lowest BCUT2D eigenvalue weighted by Crippen LogP contribution is -2.30. The van der Waals surface area contributed by atoms with Gasteiger partial charge in [-0.3, -0.25) is 4.79 Å². The normalized spacial score (nSPS) is 10.9. The molecule has 1 amide bonds. The fourth-order valence-electron chi connectivity index (χ4n) is 1.67.